The fraction of sp³-hybridized carbons (Fsp3) is 0. The molecule has 0 atom stereocenters. The second-order valence-electron chi connectivity index (χ2n) is 14.0. The van der Waals surface area contributed by atoms with E-state index in [0.29, 0.717) is 11.3 Å². The molecule has 5 heteroatoms. The summed E-state index contributed by atoms with van der Waals surface area (Å²) >= 11 is 0. The summed E-state index contributed by atoms with van der Waals surface area (Å²) in [4.78, 5) is 4.11. The summed E-state index contributed by atoms with van der Waals surface area (Å²) in [5.41, 5.74) is 12.8. The van der Waals surface area contributed by atoms with E-state index in [1.165, 1.54) is 10.8 Å². The molecule has 3 aromatic heterocycles. The van der Waals surface area contributed by atoms with Crippen molar-refractivity contribution in [2.75, 3.05) is 0 Å². The Bertz CT molecular complexity index is 3420. The smallest absolute Gasteiger partial charge is 0.211 e. The van der Waals surface area contributed by atoms with Crippen LogP contribution in [0.3, 0.4) is 0 Å². The highest BCUT2D eigenvalue weighted by atomic mass is 15.0. The minimum atomic E-state index is 0.596. The third-order valence-corrected chi connectivity index (χ3v) is 11.1. The normalized spacial score (nSPS) is 11.6. The van der Waals surface area contributed by atoms with Crippen molar-refractivity contribution in [2.45, 2.75) is 0 Å². The van der Waals surface area contributed by atoms with E-state index >= 15 is 0 Å². The molecule has 0 aliphatic carbocycles. The molecule has 11 aromatic rings. The van der Waals surface area contributed by atoms with Crippen LogP contribution in [0, 0.1) is 17.9 Å². The van der Waals surface area contributed by atoms with Crippen molar-refractivity contribution in [2.24, 2.45) is 0 Å². The van der Waals surface area contributed by atoms with Crippen molar-refractivity contribution in [3.63, 3.8) is 0 Å². The average molecular weight is 700 g/mol. The summed E-state index contributed by atoms with van der Waals surface area (Å²) < 4.78 is 6.88. The number of rotatable bonds is 4. The first kappa shape index (κ1) is 30.7. The maximum Gasteiger partial charge on any atom is 0.211 e. The van der Waals surface area contributed by atoms with Gasteiger partial charge in [0.05, 0.1) is 62.7 Å². The van der Waals surface area contributed by atoms with Crippen LogP contribution in [0.5, 0.6) is 0 Å². The molecular weight excluding hydrogens is 671 g/mol. The Labute approximate surface area is 316 Å². The molecule has 0 bridgehead atoms. The Morgan fingerprint density at radius 2 is 0.909 bits per heavy atom. The van der Waals surface area contributed by atoms with Gasteiger partial charge in [-0.15, -0.1) is 0 Å². The number of hydrogen-bond acceptors (Lipinski definition) is 1. The predicted molar refractivity (Wildman–Crippen MR) is 226 cm³/mol. The molecule has 8 aromatic carbocycles. The summed E-state index contributed by atoms with van der Waals surface area (Å²) in [7, 11) is 0. The van der Waals surface area contributed by atoms with Crippen LogP contribution < -0.4 is 0 Å². The minimum absolute atomic E-state index is 0.596. The van der Waals surface area contributed by atoms with Gasteiger partial charge in [-0.3, -0.25) is 0 Å². The molecule has 5 nitrogen and oxygen atoms in total. The lowest BCUT2D eigenvalue weighted by Crippen LogP contribution is -1.99. The van der Waals surface area contributed by atoms with Gasteiger partial charge in [-0.2, -0.15) is 5.26 Å². The molecular formula is C50H29N5. The van der Waals surface area contributed by atoms with Crippen molar-refractivity contribution in [1.82, 2.24) is 13.7 Å². The fourth-order valence-corrected chi connectivity index (χ4v) is 8.74. The molecule has 0 saturated heterocycles. The van der Waals surface area contributed by atoms with E-state index in [4.69, 9.17) is 6.57 Å². The van der Waals surface area contributed by atoms with Crippen molar-refractivity contribution in [3.8, 4) is 34.3 Å². The predicted octanol–water partition coefficient (Wildman–Crippen LogP) is 13.1. The number of nitriles is 1. The van der Waals surface area contributed by atoms with Crippen LogP contribution in [0.25, 0.3) is 98.5 Å². The second-order valence-corrected chi connectivity index (χ2v) is 14.0. The number of hydrogen-bond donors (Lipinski definition) is 0. The van der Waals surface area contributed by atoms with Gasteiger partial charge in [0.2, 0.25) is 5.69 Å². The van der Waals surface area contributed by atoms with E-state index in [-0.39, 0.29) is 0 Å². The van der Waals surface area contributed by atoms with Gasteiger partial charge in [0.1, 0.15) is 0 Å². The van der Waals surface area contributed by atoms with Gasteiger partial charge in [0.15, 0.2) is 0 Å². The third-order valence-electron chi connectivity index (χ3n) is 11.1. The highest BCUT2D eigenvalue weighted by Gasteiger charge is 2.20. The molecule has 0 radical (unpaired) electrons. The fourth-order valence-electron chi connectivity index (χ4n) is 8.74. The highest BCUT2D eigenvalue weighted by molar-refractivity contribution is 6.13. The van der Waals surface area contributed by atoms with Crippen LogP contribution in [0.15, 0.2) is 176 Å². The second kappa shape index (κ2) is 11.8. The molecule has 55 heavy (non-hydrogen) atoms. The Morgan fingerprint density at radius 3 is 1.55 bits per heavy atom. The molecule has 3 heterocycles. The third kappa shape index (κ3) is 4.45. The zero-order chi connectivity index (χ0) is 36.6. The van der Waals surface area contributed by atoms with Crippen LogP contribution in [0.4, 0.5) is 5.69 Å². The molecule has 0 unspecified atom stereocenters. The number of fused-ring (bicyclic) bond motifs is 9. The van der Waals surface area contributed by atoms with Gasteiger partial charge in [-0.25, -0.2) is 4.85 Å². The highest BCUT2D eigenvalue weighted by Crippen LogP contribution is 2.41. The SMILES string of the molecule is [C-]#[N+]c1cc(-c2ccccc2-n2c3ccccc3c3cc(-n4c5ccccc5c5cc(C#N)ccc54)ccc32)ccc1-n1c2ccccc2c2ccccc21. The van der Waals surface area contributed by atoms with Crippen LogP contribution in [0.1, 0.15) is 5.56 Å². The Kier molecular flexibility index (Phi) is 6.61. The Hall–Kier alpha value is -7.86. The number of nitrogens with zero attached hydrogens (tertiary/aromatic N) is 5. The Morgan fingerprint density at radius 1 is 0.418 bits per heavy atom. The molecule has 0 amide bonds. The summed E-state index contributed by atoms with van der Waals surface area (Å²) in [5, 5.41) is 16.5. The first-order chi connectivity index (χ1) is 27.2. The van der Waals surface area contributed by atoms with E-state index in [1.54, 1.807) is 0 Å². The van der Waals surface area contributed by atoms with Crippen molar-refractivity contribution in [1.29, 1.82) is 5.26 Å². The lowest BCUT2D eigenvalue weighted by Gasteiger charge is -2.16. The zero-order valence-corrected chi connectivity index (χ0v) is 29.5. The summed E-state index contributed by atoms with van der Waals surface area (Å²) in [6.45, 7) is 8.36. The summed E-state index contributed by atoms with van der Waals surface area (Å²) in [6, 6.07) is 63.5. The molecule has 0 saturated carbocycles. The first-order valence-corrected chi connectivity index (χ1v) is 18.3. The van der Waals surface area contributed by atoms with E-state index in [9.17, 15) is 5.26 Å². The molecule has 0 N–H and O–H groups in total. The van der Waals surface area contributed by atoms with Gasteiger partial charge in [0.25, 0.3) is 0 Å². The number of aromatic nitrogens is 3. The van der Waals surface area contributed by atoms with E-state index in [0.717, 1.165) is 82.8 Å². The zero-order valence-electron chi connectivity index (χ0n) is 29.5. The monoisotopic (exact) mass is 699 g/mol. The molecule has 0 aliphatic rings. The van der Waals surface area contributed by atoms with Gasteiger partial charge in [0, 0.05) is 43.6 Å². The maximum atomic E-state index is 9.67. The van der Waals surface area contributed by atoms with Crippen molar-refractivity contribution in [3.05, 3.63) is 193 Å². The van der Waals surface area contributed by atoms with Crippen molar-refractivity contribution >= 4 is 71.1 Å². The molecule has 0 aliphatic heterocycles. The largest absolute Gasteiger partial charge is 0.319 e. The Balaban J connectivity index is 1.11. The standard InChI is InChI=1S/C50H29N5/c1-52-42-29-33(23-26-50(42)55-45-19-9-3-13-36(45)37-14-4-10-20-46(37)55)35-12-2-7-17-43(35)54-47-21-11-6-16-39(47)41-30-34(24-27-49(41)54)53-44-18-8-5-15-38(44)40-28-32(31-51)22-25-48(40)53/h2-30H. The van der Waals surface area contributed by atoms with Gasteiger partial charge in [-0.1, -0.05) is 97.1 Å². The van der Waals surface area contributed by atoms with Gasteiger partial charge >= 0.3 is 0 Å². The first-order valence-electron chi connectivity index (χ1n) is 18.3. The van der Waals surface area contributed by atoms with Crippen LogP contribution in [-0.2, 0) is 0 Å². The van der Waals surface area contributed by atoms with Gasteiger partial charge < -0.3 is 13.7 Å². The topological polar surface area (TPSA) is 42.9 Å². The molecule has 254 valence electrons. The number of benzene rings is 8. The number of para-hydroxylation sites is 5. The summed E-state index contributed by atoms with van der Waals surface area (Å²) in [5.74, 6) is 0. The van der Waals surface area contributed by atoms with Crippen LogP contribution in [-0.4, -0.2) is 13.7 Å². The van der Waals surface area contributed by atoms with E-state index < -0.39 is 0 Å². The average Bonchev–Trinajstić information content (AvgIpc) is 3.88. The molecule has 0 fully saturated rings. The quantitative estimate of drug-likeness (QED) is 0.169. The van der Waals surface area contributed by atoms with E-state index in [2.05, 4.69) is 182 Å². The molecule has 0 spiro atoms. The van der Waals surface area contributed by atoms with E-state index in [1.807, 2.05) is 18.2 Å². The van der Waals surface area contributed by atoms with Crippen LogP contribution in [0.2, 0.25) is 0 Å². The maximum absolute atomic E-state index is 9.67. The van der Waals surface area contributed by atoms with Crippen molar-refractivity contribution < 1.29 is 0 Å². The van der Waals surface area contributed by atoms with Crippen LogP contribution >= 0.6 is 0 Å². The summed E-state index contributed by atoms with van der Waals surface area (Å²) in [6.07, 6.45) is 0. The lowest BCUT2D eigenvalue weighted by atomic mass is 10.0. The minimum Gasteiger partial charge on any atom is -0.319 e. The van der Waals surface area contributed by atoms with Gasteiger partial charge in [-0.05, 0) is 84.4 Å². The lowest BCUT2D eigenvalue weighted by molar-refractivity contribution is 1.16. The molecule has 11 rings (SSSR count).